The molecule has 6 nitrogen and oxygen atoms in total. The fourth-order valence-electron chi connectivity index (χ4n) is 3.57. The Morgan fingerprint density at radius 3 is 2.72 bits per heavy atom. The van der Waals surface area contributed by atoms with Gasteiger partial charge in [0, 0.05) is 36.7 Å². The Hall–Kier alpha value is -3.48. The quantitative estimate of drug-likeness (QED) is 0.737. The van der Waals surface area contributed by atoms with Crippen molar-refractivity contribution in [2.24, 2.45) is 5.92 Å². The van der Waals surface area contributed by atoms with E-state index < -0.39 is 11.7 Å². The third-order valence-corrected chi connectivity index (χ3v) is 5.33. The van der Waals surface area contributed by atoms with E-state index in [4.69, 9.17) is 0 Å². The monoisotopic (exact) mass is 392 g/mol. The molecule has 2 aromatic carbocycles. The molecule has 2 amide bonds. The predicted molar refractivity (Wildman–Crippen MR) is 109 cm³/mol. The van der Waals surface area contributed by atoms with Crippen molar-refractivity contribution < 1.29 is 14.0 Å². The molecule has 0 aliphatic carbocycles. The van der Waals surface area contributed by atoms with Gasteiger partial charge in [-0.3, -0.25) is 9.59 Å². The summed E-state index contributed by atoms with van der Waals surface area (Å²) in [4.78, 5) is 26.9. The standard InChI is InChI=1S/C22H21FN4O2/c1-14-5-3-6-19(15(14)2)26-13-16(11-21(26)28)22(29)25-17-7-8-20(18(23)12-17)27-10-4-9-24-27/h3-10,12,16H,11,13H2,1-2H3,(H,25,29). The molecule has 1 N–H and O–H groups in total. The molecule has 1 aliphatic rings. The van der Waals surface area contributed by atoms with Crippen LogP contribution < -0.4 is 10.2 Å². The summed E-state index contributed by atoms with van der Waals surface area (Å²) >= 11 is 0. The molecule has 1 fully saturated rings. The summed E-state index contributed by atoms with van der Waals surface area (Å²) < 4.78 is 15.8. The maximum absolute atomic E-state index is 14.4. The second kappa shape index (κ2) is 7.50. The summed E-state index contributed by atoms with van der Waals surface area (Å²) in [5, 5.41) is 6.73. The van der Waals surface area contributed by atoms with Gasteiger partial charge >= 0.3 is 0 Å². The van der Waals surface area contributed by atoms with Crippen LogP contribution in [0.5, 0.6) is 0 Å². The summed E-state index contributed by atoms with van der Waals surface area (Å²) in [6, 6.07) is 11.9. The molecule has 0 saturated carbocycles. The van der Waals surface area contributed by atoms with Crippen molar-refractivity contribution in [3.63, 3.8) is 0 Å². The Morgan fingerprint density at radius 2 is 2.00 bits per heavy atom. The minimum atomic E-state index is -0.494. The van der Waals surface area contributed by atoms with Crippen molar-refractivity contribution in [2.45, 2.75) is 20.3 Å². The summed E-state index contributed by atoms with van der Waals surface area (Å²) in [6.45, 7) is 4.27. The molecule has 4 rings (SSSR count). The zero-order valence-electron chi connectivity index (χ0n) is 16.2. The Kier molecular flexibility index (Phi) is 4.88. The summed E-state index contributed by atoms with van der Waals surface area (Å²) in [5.41, 5.74) is 3.60. The van der Waals surface area contributed by atoms with Crippen molar-refractivity contribution in [3.8, 4) is 5.69 Å². The van der Waals surface area contributed by atoms with Gasteiger partial charge in [-0.05, 0) is 55.3 Å². The number of aryl methyl sites for hydroxylation is 1. The number of benzene rings is 2. The predicted octanol–water partition coefficient (Wildman–Crippen LogP) is 3.62. The lowest BCUT2D eigenvalue weighted by Crippen LogP contribution is -2.28. The fourth-order valence-corrected chi connectivity index (χ4v) is 3.57. The number of nitrogens with zero attached hydrogens (tertiary/aromatic N) is 3. The van der Waals surface area contributed by atoms with Gasteiger partial charge in [0.1, 0.15) is 5.69 Å². The Balaban J connectivity index is 1.47. The second-order valence-electron chi connectivity index (χ2n) is 7.23. The maximum Gasteiger partial charge on any atom is 0.229 e. The van der Waals surface area contributed by atoms with Crippen molar-refractivity contribution in [2.75, 3.05) is 16.8 Å². The molecule has 1 aromatic heterocycles. The van der Waals surface area contributed by atoms with Crippen molar-refractivity contribution in [1.82, 2.24) is 9.78 Å². The number of hydrogen-bond donors (Lipinski definition) is 1. The van der Waals surface area contributed by atoms with E-state index >= 15 is 0 Å². The van der Waals surface area contributed by atoms with Crippen LogP contribution in [0.3, 0.4) is 0 Å². The van der Waals surface area contributed by atoms with Crippen LogP contribution in [0.15, 0.2) is 54.9 Å². The molecule has 0 radical (unpaired) electrons. The van der Waals surface area contributed by atoms with Gasteiger partial charge in [-0.1, -0.05) is 12.1 Å². The molecule has 29 heavy (non-hydrogen) atoms. The lowest BCUT2D eigenvalue weighted by molar-refractivity contribution is -0.122. The zero-order valence-corrected chi connectivity index (χ0v) is 16.2. The number of amides is 2. The van der Waals surface area contributed by atoms with Gasteiger partial charge in [0.2, 0.25) is 11.8 Å². The van der Waals surface area contributed by atoms with E-state index in [-0.39, 0.29) is 18.2 Å². The highest BCUT2D eigenvalue weighted by Gasteiger charge is 2.35. The number of halogens is 1. The van der Waals surface area contributed by atoms with Gasteiger partial charge in [-0.2, -0.15) is 5.10 Å². The highest BCUT2D eigenvalue weighted by atomic mass is 19.1. The van der Waals surface area contributed by atoms with Crippen molar-refractivity contribution >= 4 is 23.2 Å². The largest absolute Gasteiger partial charge is 0.326 e. The molecular weight excluding hydrogens is 371 g/mol. The van der Waals surface area contributed by atoms with Crippen LogP contribution in [0.4, 0.5) is 15.8 Å². The molecule has 0 bridgehead atoms. The number of carbonyl (C=O) groups excluding carboxylic acids is 2. The van der Waals surface area contributed by atoms with Crippen molar-refractivity contribution in [1.29, 1.82) is 0 Å². The summed E-state index contributed by atoms with van der Waals surface area (Å²) in [7, 11) is 0. The summed E-state index contributed by atoms with van der Waals surface area (Å²) in [5.74, 6) is -1.36. The SMILES string of the molecule is Cc1cccc(N2CC(C(=O)Nc3ccc(-n4cccn4)c(F)c3)CC2=O)c1C. The maximum atomic E-state index is 14.4. The number of carbonyl (C=O) groups is 2. The average molecular weight is 392 g/mol. The fraction of sp³-hybridized carbons (Fsp3) is 0.227. The first-order valence-electron chi connectivity index (χ1n) is 9.41. The van der Waals surface area contributed by atoms with E-state index in [9.17, 15) is 14.0 Å². The molecule has 3 aromatic rings. The van der Waals surface area contributed by atoms with Gasteiger partial charge in [0.15, 0.2) is 5.82 Å². The van der Waals surface area contributed by atoms with Crippen LogP contribution in [-0.4, -0.2) is 28.1 Å². The third-order valence-electron chi connectivity index (χ3n) is 5.33. The minimum Gasteiger partial charge on any atom is -0.326 e. The normalized spacial score (nSPS) is 16.3. The average Bonchev–Trinajstić information content (AvgIpc) is 3.34. The number of anilines is 2. The molecule has 1 unspecified atom stereocenters. The Morgan fingerprint density at radius 1 is 1.17 bits per heavy atom. The number of rotatable bonds is 4. The van der Waals surface area contributed by atoms with Gasteiger partial charge < -0.3 is 10.2 Å². The van der Waals surface area contributed by atoms with E-state index in [0.717, 1.165) is 16.8 Å². The molecule has 7 heteroatoms. The third kappa shape index (κ3) is 3.63. The first-order chi connectivity index (χ1) is 13.9. The molecule has 1 saturated heterocycles. The molecule has 0 spiro atoms. The molecule has 1 atom stereocenters. The number of nitrogens with one attached hydrogen (secondary N) is 1. The van der Waals surface area contributed by atoms with Crippen LogP contribution in [-0.2, 0) is 9.59 Å². The van der Waals surface area contributed by atoms with E-state index in [1.165, 1.54) is 10.7 Å². The van der Waals surface area contributed by atoms with E-state index in [1.807, 2.05) is 32.0 Å². The number of aromatic nitrogens is 2. The van der Waals surface area contributed by atoms with Gasteiger partial charge in [0.25, 0.3) is 0 Å². The smallest absolute Gasteiger partial charge is 0.229 e. The van der Waals surface area contributed by atoms with Crippen LogP contribution in [0, 0.1) is 25.6 Å². The lowest BCUT2D eigenvalue weighted by Gasteiger charge is -2.20. The zero-order chi connectivity index (χ0) is 20.5. The topological polar surface area (TPSA) is 67.2 Å². The van der Waals surface area contributed by atoms with Crippen LogP contribution in [0.1, 0.15) is 17.5 Å². The minimum absolute atomic E-state index is 0.0842. The van der Waals surface area contributed by atoms with E-state index in [1.54, 1.807) is 35.5 Å². The number of hydrogen-bond acceptors (Lipinski definition) is 3. The molecular formula is C22H21FN4O2. The lowest BCUT2D eigenvalue weighted by atomic mass is 10.1. The van der Waals surface area contributed by atoms with Crippen LogP contribution in [0.2, 0.25) is 0 Å². The Labute approximate surface area is 167 Å². The van der Waals surface area contributed by atoms with E-state index in [0.29, 0.717) is 17.9 Å². The molecule has 148 valence electrons. The van der Waals surface area contributed by atoms with Gasteiger partial charge in [0.05, 0.1) is 5.92 Å². The van der Waals surface area contributed by atoms with Crippen molar-refractivity contribution in [3.05, 3.63) is 71.8 Å². The first kappa shape index (κ1) is 18.9. The van der Waals surface area contributed by atoms with E-state index in [2.05, 4.69) is 10.4 Å². The van der Waals surface area contributed by atoms with Gasteiger partial charge in [-0.25, -0.2) is 9.07 Å². The molecule has 1 aliphatic heterocycles. The highest BCUT2D eigenvalue weighted by molar-refractivity contribution is 6.03. The first-order valence-corrected chi connectivity index (χ1v) is 9.41. The van der Waals surface area contributed by atoms with Crippen LogP contribution in [0.25, 0.3) is 5.69 Å². The summed E-state index contributed by atoms with van der Waals surface area (Å²) in [6.07, 6.45) is 3.34. The molecule has 2 heterocycles. The second-order valence-corrected chi connectivity index (χ2v) is 7.23. The highest BCUT2D eigenvalue weighted by Crippen LogP contribution is 2.30. The van der Waals surface area contributed by atoms with Crippen LogP contribution >= 0.6 is 0 Å². The van der Waals surface area contributed by atoms with Gasteiger partial charge in [-0.15, -0.1) is 0 Å². The Bertz CT molecular complexity index is 1080.